The van der Waals surface area contributed by atoms with Crippen LogP contribution >= 0.6 is 0 Å². The van der Waals surface area contributed by atoms with Gasteiger partial charge in [0.15, 0.2) is 11.5 Å². The second kappa shape index (κ2) is 2.25. The van der Waals surface area contributed by atoms with Gasteiger partial charge in [0.05, 0.1) is 6.61 Å². The summed E-state index contributed by atoms with van der Waals surface area (Å²) in [5, 5.41) is 0. The van der Waals surface area contributed by atoms with E-state index in [0.717, 1.165) is 35.8 Å². The van der Waals surface area contributed by atoms with Crippen molar-refractivity contribution in [3.8, 4) is 5.75 Å². The SMILES string of the molecule is Cc1nc2c3c(ccc2o1)OCC3. The second-order valence-corrected chi connectivity index (χ2v) is 3.22. The molecule has 1 aliphatic heterocycles. The smallest absolute Gasteiger partial charge is 0.192 e. The Balaban J connectivity index is 2.42. The van der Waals surface area contributed by atoms with Gasteiger partial charge in [-0.15, -0.1) is 0 Å². The Kier molecular flexibility index (Phi) is 1.20. The molecule has 2 aromatic rings. The number of benzene rings is 1. The van der Waals surface area contributed by atoms with Gasteiger partial charge >= 0.3 is 0 Å². The Hall–Kier alpha value is -1.51. The molecule has 3 heteroatoms. The van der Waals surface area contributed by atoms with E-state index in [1.807, 2.05) is 19.1 Å². The molecule has 66 valence electrons. The molecule has 0 saturated heterocycles. The standard InChI is InChI=1S/C10H9NO2/c1-6-11-10-7-4-5-12-8(7)2-3-9(10)13-6/h2-3H,4-5H2,1H3. The topological polar surface area (TPSA) is 35.3 Å². The molecule has 13 heavy (non-hydrogen) atoms. The average Bonchev–Trinajstić information content (AvgIpc) is 2.65. The van der Waals surface area contributed by atoms with Gasteiger partial charge in [0, 0.05) is 18.9 Å². The Morgan fingerprint density at radius 1 is 1.38 bits per heavy atom. The number of aromatic nitrogens is 1. The summed E-state index contributed by atoms with van der Waals surface area (Å²) in [6.45, 7) is 2.63. The van der Waals surface area contributed by atoms with Crippen LogP contribution in [0.5, 0.6) is 5.75 Å². The highest BCUT2D eigenvalue weighted by atomic mass is 16.5. The lowest BCUT2D eigenvalue weighted by Gasteiger charge is -1.96. The zero-order chi connectivity index (χ0) is 8.84. The van der Waals surface area contributed by atoms with Crippen molar-refractivity contribution >= 4 is 11.1 Å². The van der Waals surface area contributed by atoms with Crippen LogP contribution in [0.25, 0.3) is 11.1 Å². The average molecular weight is 175 g/mol. The van der Waals surface area contributed by atoms with E-state index in [4.69, 9.17) is 9.15 Å². The molecule has 0 bridgehead atoms. The molecule has 0 aliphatic carbocycles. The fourth-order valence-corrected chi connectivity index (χ4v) is 1.78. The summed E-state index contributed by atoms with van der Waals surface area (Å²) in [7, 11) is 0. The molecule has 1 aromatic heterocycles. The van der Waals surface area contributed by atoms with E-state index >= 15 is 0 Å². The van der Waals surface area contributed by atoms with E-state index in [1.165, 1.54) is 5.56 Å². The number of nitrogens with zero attached hydrogens (tertiary/aromatic N) is 1. The molecule has 0 fully saturated rings. The molecular formula is C10H9NO2. The van der Waals surface area contributed by atoms with E-state index in [0.29, 0.717) is 0 Å². The molecule has 0 N–H and O–H groups in total. The first-order valence-electron chi connectivity index (χ1n) is 4.36. The second-order valence-electron chi connectivity index (χ2n) is 3.22. The van der Waals surface area contributed by atoms with Gasteiger partial charge in [-0.25, -0.2) is 4.98 Å². The van der Waals surface area contributed by atoms with Gasteiger partial charge in [-0.05, 0) is 12.1 Å². The van der Waals surface area contributed by atoms with Gasteiger partial charge in [-0.1, -0.05) is 0 Å². The Labute approximate surface area is 75.3 Å². The fourth-order valence-electron chi connectivity index (χ4n) is 1.78. The van der Waals surface area contributed by atoms with Crippen LogP contribution in [0.3, 0.4) is 0 Å². The predicted octanol–water partition coefficient (Wildman–Crippen LogP) is 2.07. The minimum Gasteiger partial charge on any atom is -0.493 e. The maximum Gasteiger partial charge on any atom is 0.192 e. The van der Waals surface area contributed by atoms with Crippen molar-refractivity contribution in [2.45, 2.75) is 13.3 Å². The van der Waals surface area contributed by atoms with Gasteiger partial charge in [-0.2, -0.15) is 0 Å². The number of fused-ring (bicyclic) bond motifs is 3. The van der Waals surface area contributed by atoms with E-state index in [9.17, 15) is 0 Å². The molecule has 1 aromatic carbocycles. The lowest BCUT2D eigenvalue weighted by Crippen LogP contribution is -1.86. The summed E-state index contributed by atoms with van der Waals surface area (Å²) in [6.07, 6.45) is 0.943. The number of oxazole rings is 1. The Morgan fingerprint density at radius 3 is 3.23 bits per heavy atom. The van der Waals surface area contributed by atoms with Crippen molar-refractivity contribution in [2.75, 3.05) is 6.61 Å². The van der Waals surface area contributed by atoms with Crippen molar-refractivity contribution < 1.29 is 9.15 Å². The third-order valence-corrected chi connectivity index (χ3v) is 2.34. The zero-order valence-corrected chi connectivity index (χ0v) is 7.33. The minimum absolute atomic E-state index is 0.718. The molecule has 3 nitrogen and oxygen atoms in total. The highest BCUT2D eigenvalue weighted by molar-refractivity contribution is 5.80. The summed E-state index contributed by atoms with van der Waals surface area (Å²) in [5.41, 5.74) is 3.02. The quantitative estimate of drug-likeness (QED) is 0.614. The maximum absolute atomic E-state index is 5.43. The van der Waals surface area contributed by atoms with Crippen LogP contribution in [0.15, 0.2) is 16.5 Å². The molecule has 0 atom stereocenters. The van der Waals surface area contributed by atoms with Crippen LogP contribution in [0, 0.1) is 6.92 Å². The van der Waals surface area contributed by atoms with Crippen molar-refractivity contribution in [2.24, 2.45) is 0 Å². The number of hydrogen-bond acceptors (Lipinski definition) is 3. The highest BCUT2D eigenvalue weighted by Gasteiger charge is 2.17. The lowest BCUT2D eigenvalue weighted by atomic mass is 10.1. The lowest BCUT2D eigenvalue weighted by molar-refractivity contribution is 0.357. The Morgan fingerprint density at radius 2 is 2.31 bits per heavy atom. The normalized spacial score (nSPS) is 14.5. The summed E-state index contributed by atoms with van der Waals surface area (Å²) in [6, 6.07) is 3.87. The Bertz CT molecular complexity index is 473. The number of aryl methyl sites for hydroxylation is 1. The largest absolute Gasteiger partial charge is 0.493 e. The van der Waals surface area contributed by atoms with Crippen molar-refractivity contribution in [3.63, 3.8) is 0 Å². The first kappa shape index (κ1) is 6.95. The molecule has 0 spiro atoms. The predicted molar refractivity (Wildman–Crippen MR) is 47.9 cm³/mol. The summed E-state index contributed by atoms with van der Waals surface area (Å²) >= 11 is 0. The van der Waals surface area contributed by atoms with Crippen LogP contribution < -0.4 is 4.74 Å². The third kappa shape index (κ3) is 0.869. The highest BCUT2D eigenvalue weighted by Crippen LogP contribution is 2.32. The number of rotatable bonds is 0. The first-order chi connectivity index (χ1) is 6.34. The van der Waals surface area contributed by atoms with Crippen LogP contribution in [0.2, 0.25) is 0 Å². The van der Waals surface area contributed by atoms with Crippen LogP contribution in [-0.4, -0.2) is 11.6 Å². The minimum atomic E-state index is 0.718. The van der Waals surface area contributed by atoms with Gasteiger partial charge in [0.1, 0.15) is 11.3 Å². The van der Waals surface area contributed by atoms with E-state index in [1.54, 1.807) is 0 Å². The molecule has 2 heterocycles. The molecule has 0 saturated carbocycles. The molecule has 0 radical (unpaired) electrons. The van der Waals surface area contributed by atoms with Crippen LogP contribution in [0.4, 0.5) is 0 Å². The van der Waals surface area contributed by atoms with Gasteiger partial charge in [0.2, 0.25) is 0 Å². The number of ether oxygens (including phenoxy) is 1. The monoisotopic (exact) mass is 175 g/mol. The molecule has 3 rings (SSSR count). The van der Waals surface area contributed by atoms with E-state index < -0.39 is 0 Å². The summed E-state index contributed by atoms with van der Waals surface area (Å²) < 4.78 is 10.9. The third-order valence-electron chi connectivity index (χ3n) is 2.34. The molecule has 0 unspecified atom stereocenters. The van der Waals surface area contributed by atoms with Crippen LogP contribution in [0.1, 0.15) is 11.5 Å². The maximum atomic E-state index is 5.43. The fraction of sp³-hybridized carbons (Fsp3) is 0.300. The molecule has 0 amide bonds. The van der Waals surface area contributed by atoms with Crippen LogP contribution in [-0.2, 0) is 6.42 Å². The zero-order valence-electron chi connectivity index (χ0n) is 7.33. The summed E-state index contributed by atoms with van der Waals surface area (Å²) in [5.74, 6) is 1.68. The van der Waals surface area contributed by atoms with E-state index in [2.05, 4.69) is 4.98 Å². The molecular weight excluding hydrogens is 166 g/mol. The van der Waals surface area contributed by atoms with Crippen molar-refractivity contribution in [1.29, 1.82) is 0 Å². The van der Waals surface area contributed by atoms with Gasteiger partial charge in [-0.3, -0.25) is 0 Å². The van der Waals surface area contributed by atoms with Crippen molar-refractivity contribution in [3.05, 3.63) is 23.6 Å². The van der Waals surface area contributed by atoms with E-state index in [-0.39, 0.29) is 0 Å². The molecule has 1 aliphatic rings. The number of hydrogen-bond donors (Lipinski definition) is 0. The van der Waals surface area contributed by atoms with Crippen molar-refractivity contribution in [1.82, 2.24) is 4.98 Å². The first-order valence-corrected chi connectivity index (χ1v) is 4.36. The van der Waals surface area contributed by atoms with Gasteiger partial charge in [0.25, 0.3) is 0 Å². The van der Waals surface area contributed by atoms with Gasteiger partial charge < -0.3 is 9.15 Å². The summed E-state index contributed by atoms with van der Waals surface area (Å²) in [4.78, 5) is 4.34.